The minimum absolute atomic E-state index is 0.381. The summed E-state index contributed by atoms with van der Waals surface area (Å²) < 4.78 is 5.28. The highest BCUT2D eigenvalue weighted by Crippen LogP contribution is 2.32. The Labute approximate surface area is 147 Å². The molecule has 0 fully saturated rings. The number of carboxylic acids is 1. The molecule has 0 aliphatic rings. The summed E-state index contributed by atoms with van der Waals surface area (Å²) in [5, 5.41) is 9.05. The molecular formula is C19H23NO3S. The molecule has 24 heavy (non-hydrogen) atoms. The molecule has 2 aromatic rings. The monoisotopic (exact) mass is 345 g/mol. The molecular weight excluding hydrogens is 322 g/mol. The van der Waals surface area contributed by atoms with E-state index in [-0.39, 0.29) is 5.92 Å². The van der Waals surface area contributed by atoms with Crippen molar-refractivity contribution in [1.29, 1.82) is 0 Å². The number of carboxylic acid groups (broad SMARTS) is 1. The van der Waals surface area contributed by atoms with Gasteiger partial charge in [-0.1, -0.05) is 43.0 Å². The molecule has 0 radical (unpaired) electrons. The SMILES string of the molecule is COc1cccc(Sc2ccccc2CN(C)CC(C)C(=O)O)c1. The molecule has 0 aromatic heterocycles. The second-order valence-electron chi connectivity index (χ2n) is 5.82. The first-order valence-corrected chi connectivity index (χ1v) is 8.62. The van der Waals surface area contributed by atoms with Crippen LogP contribution in [0.3, 0.4) is 0 Å². The van der Waals surface area contributed by atoms with Gasteiger partial charge in [0.15, 0.2) is 0 Å². The predicted octanol–water partition coefficient (Wildman–Crippen LogP) is 4.00. The molecule has 128 valence electrons. The van der Waals surface area contributed by atoms with E-state index in [1.165, 1.54) is 10.5 Å². The van der Waals surface area contributed by atoms with Crippen molar-refractivity contribution in [3.05, 3.63) is 54.1 Å². The molecule has 0 aliphatic heterocycles. The molecule has 5 heteroatoms. The molecule has 0 aliphatic carbocycles. The van der Waals surface area contributed by atoms with Crippen LogP contribution in [0.15, 0.2) is 58.3 Å². The molecule has 0 bridgehead atoms. The van der Waals surface area contributed by atoms with Crippen LogP contribution >= 0.6 is 11.8 Å². The van der Waals surface area contributed by atoms with E-state index in [4.69, 9.17) is 9.84 Å². The van der Waals surface area contributed by atoms with Gasteiger partial charge in [0.2, 0.25) is 0 Å². The van der Waals surface area contributed by atoms with Crippen LogP contribution in [0.4, 0.5) is 0 Å². The number of methoxy groups -OCH3 is 1. The Bertz CT molecular complexity index is 690. The highest BCUT2D eigenvalue weighted by molar-refractivity contribution is 7.99. The summed E-state index contributed by atoms with van der Waals surface area (Å²) in [5.41, 5.74) is 1.19. The lowest BCUT2D eigenvalue weighted by molar-refractivity contribution is -0.141. The quantitative estimate of drug-likeness (QED) is 0.784. The Balaban J connectivity index is 2.10. The largest absolute Gasteiger partial charge is 0.497 e. The van der Waals surface area contributed by atoms with Crippen molar-refractivity contribution in [2.24, 2.45) is 5.92 Å². The van der Waals surface area contributed by atoms with Gasteiger partial charge in [0.1, 0.15) is 5.75 Å². The Morgan fingerprint density at radius 3 is 2.71 bits per heavy atom. The third-order valence-electron chi connectivity index (χ3n) is 3.69. The molecule has 1 unspecified atom stereocenters. The Hall–Kier alpha value is -1.98. The molecule has 1 N–H and O–H groups in total. The Morgan fingerprint density at radius 2 is 2.00 bits per heavy atom. The van der Waals surface area contributed by atoms with Crippen LogP contribution in [0.1, 0.15) is 12.5 Å². The standard InChI is InChI=1S/C19H23NO3S/c1-14(19(21)22)12-20(2)13-15-7-4-5-10-18(15)24-17-9-6-8-16(11-17)23-3/h4-11,14H,12-13H2,1-3H3,(H,21,22). The molecule has 4 nitrogen and oxygen atoms in total. The smallest absolute Gasteiger partial charge is 0.307 e. The molecule has 1 atom stereocenters. The van der Waals surface area contributed by atoms with Gasteiger partial charge in [-0.15, -0.1) is 0 Å². The number of aliphatic carboxylic acids is 1. The number of hydrogen-bond acceptors (Lipinski definition) is 4. The summed E-state index contributed by atoms with van der Waals surface area (Å²) >= 11 is 1.69. The van der Waals surface area contributed by atoms with Gasteiger partial charge in [-0.2, -0.15) is 0 Å². The van der Waals surface area contributed by atoms with Gasteiger partial charge in [-0.3, -0.25) is 4.79 Å². The predicted molar refractivity (Wildman–Crippen MR) is 96.7 cm³/mol. The van der Waals surface area contributed by atoms with Crippen molar-refractivity contribution in [1.82, 2.24) is 4.90 Å². The van der Waals surface area contributed by atoms with E-state index in [0.717, 1.165) is 10.6 Å². The van der Waals surface area contributed by atoms with Crippen LogP contribution in [0.5, 0.6) is 5.75 Å². The van der Waals surface area contributed by atoms with Gasteiger partial charge >= 0.3 is 5.97 Å². The highest BCUT2D eigenvalue weighted by Gasteiger charge is 2.15. The average Bonchev–Trinajstić information content (AvgIpc) is 2.56. The maximum Gasteiger partial charge on any atom is 0.307 e. The van der Waals surface area contributed by atoms with E-state index in [1.54, 1.807) is 25.8 Å². The zero-order chi connectivity index (χ0) is 17.5. The third kappa shape index (κ3) is 5.28. The summed E-state index contributed by atoms with van der Waals surface area (Å²) in [6.45, 7) is 2.97. The second kappa shape index (κ2) is 8.76. The first kappa shape index (κ1) is 18.4. The molecule has 0 amide bonds. The summed E-state index contributed by atoms with van der Waals surface area (Å²) in [6, 6.07) is 16.2. The number of carbonyl (C=O) groups is 1. The Morgan fingerprint density at radius 1 is 1.25 bits per heavy atom. The maximum absolute atomic E-state index is 11.0. The van der Waals surface area contributed by atoms with E-state index >= 15 is 0 Å². The van der Waals surface area contributed by atoms with E-state index in [2.05, 4.69) is 18.2 Å². The topological polar surface area (TPSA) is 49.8 Å². The van der Waals surface area contributed by atoms with Gasteiger partial charge in [-0.05, 0) is 36.9 Å². The number of benzene rings is 2. The van der Waals surface area contributed by atoms with E-state index in [9.17, 15) is 4.79 Å². The van der Waals surface area contributed by atoms with Crippen molar-refractivity contribution >= 4 is 17.7 Å². The van der Waals surface area contributed by atoms with Crippen LogP contribution < -0.4 is 4.74 Å². The summed E-state index contributed by atoms with van der Waals surface area (Å²) in [5.74, 6) is -0.307. The maximum atomic E-state index is 11.0. The van der Waals surface area contributed by atoms with Crippen LogP contribution in [-0.4, -0.2) is 36.7 Å². The normalized spacial score (nSPS) is 12.2. The lowest BCUT2D eigenvalue weighted by atomic mass is 10.1. The number of nitrogens with zero attached hydrogens (tertiary/aromatic N) is 1. The average molecular weight is 345 g/mol. The van der Waals surface area contributed by atoms with Gasteiger partial charge in [0, 0.05) is 22.9 Å². The minimum Gasteiger partial charge on any atom is -0.497 e. The number of hydrogen-bond donors (Lipinski definition) is 1. The zero-order valence-electron chi connectivity index (χ0n) is 14.2. The fourth-order valence-corrected chi connectivity index (χ4v) is 3.41. The van der Waals surface area contributed by atoms with E-state index in [0.29, 0.717) is 13.1 Å². The second-order valence-corrected chi connectivity index (χ2v) is 6.94. The first-order valence-electron chi connectivity index (χ1n) is 7.80. The summed E-state index contributed by atoms with van der Waals surface area (Å²) in [6.07, 6.45) is 0. The van der Waals surface area contributed by atoms with Crippen LogP contribution in [0.2, 0.25) is 0 Å². The number of rotatable bonds is 8. The van der Waals surface area contributed by atoms with Crippen molar-refractivity contribution < 1.29 is 14.6 Å². The van der Waals surface area contributed by atoms with Gasteiger partial charge in [0.25, 0.3) is 0 Å². The Kier molecular flexibility index (Phi) is 6.70. The lowest BCUT2D eigenvalue weighted by Crippen LogP contribution is -2.28. The fourth-order valence-electron chi connectivity index (χ4n) is 2.43. The van der Waals surface area contributed by atoms with Crippen LogP contribution in [0.25, 0.3) is 0 Å². The summed E-state index contributed by atoms with van der Waals surface area (Å²) in [4.78, 5) is 15.3. The zero-order valence-corrected chi connectivity index (χ0v) is 15.0. The van der Waals surface area contributed by atoms with Crippen molar-refractivity contribution in [2.45, 2.75) is 23.3 Å². The van der Waals surface area contributed by atoms with Crippen molar-refractivity contribution in [2.75, 3.05) is 20.7 Å². The van der Waals surface area contributed by atoms with Crippen molar-refractivity contribution in [3.63, 3.8) is 0 Å². The fraction of sp³-hybridized carbons (Fsp3) is 0.316. The highest BCUT2D eigenvalue weighted by atomic mass is 32.2. The van der Waals surface area contributed by atoms with Crippen molar-refractivity contribution in [3.8, 4) is 5.75 Å². The van der Waals surface area contributed by atoms with E-state index < -0.39 is 5.97 Å². The van der Waals surface area contributed by atoms with Gasteiger partial charge < -0.3 is 14.7 Å². The third-order valence-corrected chi connectivity index (χ3v) is 4.80. The molecule has 0 saturated heterocycles. The minimum atomic E-state index is -0.763. The van der Waals surface area contributed by atoms with Crippen LogP contribution in [-0.2, 0) is 11.3 Å². The number of ether oxygens (including phenoxy) is 1. The van der Waals surface area contributed by atoms with Crippen LogP contribution in [0, 0.1) is 5.92 Å². The van der Waals surface area contributed by atoms with E-state index in [1.807, 2.05) is 42.3 Å². The van der Waals surface area contributed by atoms with Gasteiger partial charge in [-0.25, -0.2) is 0 Å². The molecule has 2 aromatic carbocycles. The molecule has 2 rings (SSSR count). The molecule has 0 spiro atoms. The lowest BCUT2D eigenvalue weighted by Gasteiger charge is -2.20. The first-order chi connectivity index (χ1) is 11.5. The molecule has 0 saturated carbocycles. The summed E-state index contributed by atoms with van der Waals surface area (Å²) in [7, 11) is 3.61. The van der Waals surface area contributed by atoms with Gasteiger partial charge in [0.05, 0.1) is 13.0 Å². The molecule has 0 heterocycles.